The lowest BCUT2D eigenvalue weighted by molar-refractivity contribution is 1.37. The van der Waals surface area contributed by atoms with Crippen molar-refractivity contribution >= 4 is 43.1 Å². The van der Waals surface area contributed by atoms with Gasteiger partial charge in [0, 0.05) is 35.6 Å². The highest BCUT2D eigenvalue weighted by Gasteiger charge is 2.03. The molecule has 5 rings (SSSR count). The Hall–Kier alpha value is -3.00. The highest BCUT2D eigenvalue weighted by molar-refractivity contribution is 6.07. The van der Waals surface area contributed by atoms with Crippen LogP contribution in [0.5, 0.6) is 0 Å². The summed E-state index contributed by atoms with van der Waals surface area (Å²) in [5.74, 6) is 0. The van der Waals surface area contributed by atoms with E-state index in [0.29, 0.717) is 0 Å². The second-order valence-electron chi connectivity index (χ2n) is 5.70. The van der Waals surface area contributed by atoms with Gasteiger partial charge < -0.3 is 0 Å². The van der Waals surface area contributed by atoms with Crippen molar-refractivity contribution in [2.75, 3.05) is 0 Å². The predicted molar refractivity (Wildman–Crippen MR) is 92.1 cm³/mol. The summed E-state index contributed by atoms with van der Waals surface area (Å²) in [4.78, 5) is 8.43. The molecule has 0 aliphatic rings. The Bertz CT molecular complexity index is 992. The second-order valence-corrected chi connectivity index (χ2v) is 5.70. The minimum Gasteiger partial charge on any atom is -0.264 e. The zero-order chi connectivity index (χ0) is 14.5. The van der Waals surface area contributed by atoms with Gasteiger partial charge in [0.2, 0.25) is 0 Å². The topological polar surface area (TPSA) is 25.8 Å². The standard InChI is InChI=1S/C20H12N2/c1-3-21-11-19-9-17-8-16-6-14-2-4-22-12-20(14)10-18(16)7-15(17)5-13(1)19/h1-12H. The van der Waals surface area contributed by atoms with E-state index >= 15 is 0 Å². The van der Waals surface area contributed by atoms with Crippen molar-refractivity contribution < 1.29 is 0 Å². The third-order valence-electron chi connectivity index (χ3n) is 4.31. The summed E-state index contributed by atoms with van der Waals surface area (Å²) in [6, 6.07) is 17.5. The van der Waals surface area contributed by atoms with E-state index in [2.05, 4.69) is 58.5 Å². The molecule has 0 radical (unpaired) electrons. The van der Waals surface area contributed by atoms with Crippen LogP contribution in [-0.2, 0) is 0 Å². The molecule has 0 atom stereocenters. The number of hydrogen-bond donors (Lipinski definition) is 0. The van der Waals surface area contributed by atoms with E-state index in [1.807, 2.05) is 24.8 Å². The highest BCUT2D eigenvalue weighted by atomic mass is 14.6. The molecule has 0 saturated carbocycles. The van der Waals surface area contributed by atoms with Gasteiger partial charge in [0.05, 0.1) is 0 Å². The average molecular weight is 280 g/mol. The Balaban J connectivity index is 1.93. The molecule has 0 spiro atoms. The normalized spacial score (nSPS) is 11.6. The molecule has 0 aliphatic heterocycles. The van der Waals surface area contributed by atoms with Gasteiger partial charge in [0.1, 0.15) is 0 Å². The maximum Gasteiger partial charge on any atom is 0.0346 e. The molecule has 2 nitrogen and oxygen atoms in total. The molecule has 2 heteroatoms. The van der Waals surface area contributed by atoms with Crippen LogP contribution in [0.15, 0.2) is 73.3 Å². The summed E-state index contributed by atoms with van der Waals surface area (Å²) in [6.45, 7) is 0. The fraction of sp³-hybridized carbons (Fsp3) is 0. The van der Waals surface area contributed by atoms with Crippen molar-refractivity contribution in [2.24, 2.45) is 0 Å². The molecule has 3 aromatic carbocycles. The van der Waals surface area contributed by atoms with E-state index in [4.69, 9.17) is 0 Å². The summed E-state index contributed by atoms with van der Waals surface area (Å²) < 4.78 is 0. The molecular formula is C20H12N2. The fourth-order valence-corrected chi connectivity index (χ4v) is 3.18. The molecule has 0 N–H and O–H groups in total. The molecule has 0 fully saturated rings. The van der Waals surface area contributed by atoms with Gasteiger partial charge in [-0.15, -0.1) is 0 Å². The molecule has 5 aromatic rings. The van der Waals surface area contributed by atoms with Gasteiger partial charge in [0.25, 0.3) is 0 Å². The Morgan fingerprint density at radius 3 is 1.23 bits per heavy atom. The lowest BCUT2D eigenvalue weighted by atomic mass is 9.99. The monoisotopic (exact) mass is 280 g/mol. The first-order valence-corrected chi connectivity index (χ1v) is 7.32. The van der Waals surface area contributed by atoms with Crippen LogP contribution >= 0.6 is 0 Å². The Morgan fingerprint density at radius 1 is 0.409 bits per heavy atom. The van der Waals surface area contributed by atoms with E-state index in [1.165, 1.54) is 43.1 Å². The zero-order valence-corrected chi connectivity index (χ0v) is 11.8. The number of benzene rings is 3. The average Bonchev–Trinajstić information content (AvgIpc) is 2.56. The van der Waals surface area contributed by atoms with E-state index in [9.17, 15) is 0 Å². The lowest BCUT2D eigenvalue weighted by Crippen LogP contribution is -1.81. The molecule has 0 unspecified atom stereocenters. The predicted octanol–water partition coefficient (Wildman–Crippen LogP) is 5.09. The van der Waals surface area contributed by atoms with Crippen LogP contribution in [0.2, 0.25) is 0 Å². The lowest BCUT2D eigenvalue weighted by Gasteiger charge is -2.06. The summed E-state index contributed by atoms with van der Waals surface area (Å²) >= 11 is 0. The zero-order valence-electron chi connectivity index (χ0n) is 11.8. The Labute approximate surface area is 127 Å². The van der Waals surface area contributed by atoms with Crippen molar-refractivity contribution in [1.29, 1.82) is 0 Å². The van der Waals surface area contributed by atoms with Gasteiger partial charge in [-0.3, -0.25) is 9.97 Å². The number of aromatic nitrogens is 2. The fourth-order valence-electron chi connectivity index (χ4n) is 3.18. The van der Waals surface area contributed by atoms with Crippen LogP contribution < -0.4 is 0 Å². The van der Waals surface area contributed by atoms with Crippen molar-refractivity contribution in [2.45, 2.75) is 0 Å². The Morgan fingerprint density at radius 2 is 0.773 bits per heavy atom. The number of nitrogens with zero attached hydrogens (tertiary/aromatic N) is 2. The second kappa shape index (κ2) is 4.25. The minimum atomic E-state index is 1.18. The first-order chi connectivity index (χ1) is 10.9. The summed E-state index contributed by atoms with van der Waals surface area (Å²) in [6.07, 6.45) is 7.53. The third-order valence-corrected chi connectivity index (χ3v) is 4.31. The van der Waals surface area contributed by atoms with Gasteiger partial charge in [-0.2, -0.15) is 0 Å². The first kappa shape index (κ1) is 11.6. The van der Waals surface area contributed by atoms with Crippen LogP contribution in [-0.4, -0.2) is 9.97 Å². The number of fused-ring (bicyclic) bond motifs is 4. The van der Waals surface area contributed by atoms with Crippen LogP contribution in [0, 0.1) is 0 Å². The van der Waals surface area contributed by atoms with Crippen molar-refractivity contribution in [3.63, 3.8) is 0 Å². The van der Waals surface area contributed by atoms with Crippen molar-refractivity contribution in [1.82, 2.24) is 9.97 Å². The van der Waals surface area contributed by atoms with Crippen LogP contribution in [0.3, 0.4) is 0 Å². The van der Waals surface area contributed by atoms with E-state index < -0.39 is 0 Å². The van der Waals surface area contributed by atoms with Crippen LogP contribution in [0.4, 0.5) is 0 Å². The largest absolute Gasteiger partial charge is 0.264 e. The Kier molecular flexibility index (Phi) is 2.25. The minimum absolute atomic E-state index is 1.18. The van der Waals surface area contributed by atoms with Crippen molar-refractivity contribution in [3.05, 3.63) is 73.3 Å². The summed E-state index contributed by atoms with van der Waals surface area (Å²) in [5.41, 5.74) is 0. The quantitative estimate of drug-likeness (QED) is 0.369. The SMILES string of the molecule is c1cc2cc3cc4cc5cnccc5cc4cc3cc2cn1. The number of rotatable bonds is 0. The molecule has 2 heterocycles. The maximum atomic E-state index is 4.22. The number of hydrogen-bond acceptors (Lipinski definition) is 2. The van der Waals surface area contributed by atoms with Crippen LogP contribution in [0.25, 0.3) is 43.1 Å². The van der Waals surface area contributed by atoms with Gasteiger partial charge in [-0.05, 0) is 80.8 Å². The molecule has 22 heavy (non-hydrogen) atoms. The molecule has 0 saturated heterocycles. The smallest absolute Gasteiger partial charge is 0.0346 e. The van der Waals surface area contributed by atoms with Gasteiger partial charge >= 0.3 is 0 Å². The van der Waals surface area contributed by atoms with E-state index in [0.717, 1.165) is 0 Å². The van der Waals surface area contributed by atoms with Gasteiger partial charge in [0.15, 0.2) is 0 Å². The molecule has 2 aromatic heterocycles. The molecule has 102 valence electrons. The van der Waals surface area contributed by atoms with Gasteiger partial charge in [-0.1, -0.05) is 0 Å². The van der Waals surface area contributed by atoms with E-state index in [-0.39, 0.29) is 0 Å². The van der Waals surface area contributed by atoms with E-state index in [1.54, 1.807) is 0 Å². The van der Waals surface area contributed by atoms with Gasteiger partial charge in [-0.25, -0.2) is 0 Å². The molecular weight excluding hydrogens is 268 g/mol. The summed E-state index contributed by atoms with van der Waals surface area (Å²) in [5, 5.41) is 9.83. The third kappa shape index (κ3) is 1.67. The van der Waals surface area contributed by atoms with Crippen molar-refractivity contribution in [3.8, 4) is 0 Å². The molecule has 0 aliphatic carbocycles. The summed E-state index contributed by atoms with van der Waals surface area (Å²) in [7, 11) is 0. The maximum absolute atomic E-state index is 4.22. The first-order valence-electron chi connectivity index (χ1n) is 7.32. The van der Waals surface area contributed by atoms with Crippen LogP contribution in [0.1, 0.15) is 0 Å². The molecule has 0 bridgehead atoms. The molecule has 0 amide bonds. The number of pyridine rings is 2. The highest BCUT2D eigenvalue weighted by Crippen LogP contribution is 2.29.